The van der Waals surface area contributed by atoms with E-state index in [4.69, 9.17) is 11.6 Å². The van der Waals surface area contributed by atoms with Crippen LogP contribution in [0.25, 0.3) is 0 Å². The lowest BCUT2D eigenvalue weighted by Crippen LogP contribution is -2.29. The van der Waals surface area contributed by atoms with Crippen molar-refractivity contribution in [2.75, 3.05) is 37.4 Å². The summed E-state index contributed by atoms with van der Waals surface area (Å²) in [5, 5.41) is 2.11. The molecule has 1 aromatic rings. The van der Waals surface area contributed by atoms with E-state index in [1.165, 1.54) is 0 Å². The lowest BCUT2D eigenvalue weighted by Gasteiger charge is -2.22. The first-order valence-electron chi connectivity index (χ1n) is 7.45. The fourth-order valence-electron chi connectivity index (χ4n) is 2.51. The molecule has 1 N–H and O–H groups in total. The highest BCUT2D eigenvalue weighted by molar-refractivity contribution is 6.32. The highest BCUT2D eigenvalue weighted by Crippen LogP contribution is 2.26. The van der Waals surface area contributed by atoms with Crippen molar-refractivity contribution < 1.29 is 9.59 Å². The Morgan fingerprint density at radius 2 is 1.91 bits per heavy atom. The van der Waals surface area contributed by atoms with Gasteiger partial charge in [0.2, 0.25) is 5.91 Å². The third-order valence-electron chi connectivity index (χ3n) is 3.73. The SMILES string of the molecule is CC(Cl)C(=O)Nc1ccc(N(C)C)c(C(=O)N2CCCC2)c1. The predicted octanol–water partition coefficient (Wildman–Crippen LogP) is 2.55. The molecular formula is C16H22ClN3O2. The Hall–Kier alpha value is -1.75. The zero-order chi connectivity index (χ0) is 16.3. The second-order valence-corrected chi connectivity index (χ2v) is 6.39. The molecule has 0 aliphatic carbocycles. The quantitative estimate of drug-likeness (QED) is 0.866. The zero-order valence-electron chi connectivity index (χ0n) is 13.2. The van der Waals surface area contributed by atoms with Crippen molar-refractivity contribution in [3.05, 3.63) is 23.8 Å². The van der Waals surface area contributed by atoms with Crippen molar-refractivity contribution >= 4 is 34.8 Å². The van der Waals surface area contributed by atoms with Gasteiger partial charge >= 0.3 is 0 Å². The number of likely N-dealkylation sites (tertiary alicyclic amines) is 1. The highest BCUT2D eigenvalue weighted by atomic mass is 35.5. The fourth-order valence-corrected chi connectivity index (χ4v) is 2.56. The maximum atomic E-state index is 12.7. The molecule has 2 amide bonds. The highest BCUT2D eigenvalue weighted by Gasteiger charge is 2.23. The van der Waals surface area contributed by atoms with E-state index in [9.17, 15) is 9.59 Å². The summed E-state index contributed by atoms with van der Waals surface area (Å²) in [7, 11) is 3.80. The first kappa shape index (κ1) is 16.6. The molecule has 0 bridgehead atoms. The number of rotatable bonds is 4. The molecule has 0 radical (unpaired) electrons. The molecule has 1 aliphatic rings. The first-order chi connectivity index (χ1) is 10.4. The minimum atomic E-state index is -0.619. The van der Waals surface area contributed by atoms with E-state index in [0.717, 1.165) is 31.6 Å². The number of hydrogen-bond acceptors (Lipinski definition) is 3. The zero-order valence-corrected chi connectivity index (χ0v) is 14.0. The van der Waals surface area contributed by atoms with Crippen molar-refractivity contribution in [1.29, 1.82) is 0 Å². The number of carbonyl (C=O) groups is 2. The summed E-state index contributed by atoms with van der Waals surface area (Å²) in [5.74, 6) is -0.268. The molecule has 0 aromatic heterocycles. The predicted molar refractivity (Wildman–Crippen MR) is 89.9 cm³/mol. The normalized spacial score (nSPS) is 15.5. The molecule has 1 unspecified atom stereocenters. The second kappa shape index (κ2) is 7.01. The Bertz CT molecular complexity index is 567. The maximum absolute atomic E-state index is 12.7. The molecule has 1 saturated heterocycles. The van der Waals surface area contributed by atoms with Crippen molar-refractivity contribution in [3.8, 4) is 0 Å². The number of amides is 2. The van der Waals surface area contributed by atoms with Crippen molar-refractivity contribution in [2.45, 2.75) is 25.1 Å². The van der Waals surface area contributed by atoms with E-state index >= 15 is 0 Å². The summed E-state index contributed by atoms with van der Waals surface area (Å²) < 4.78 is 0. The molecule has 5 nitrogen and oxygen atoms in total. The number of nitrogens with one attached hydrogen (secondary N) is 1. The van der Waals surface area contributed by atoms with Gasteiger partial charge in [-0.2, -0.15) is 0 Å². The molecule has 0 spiro atoms. The fraction of sp³-hybridized carbons (Fsp3) is 0.500. The van der Waals surface area contributed by atoms with Crippen LogP contribution in [0.2, 0.25) is 0 Å². The van der Waals surface area contributed by atoms with Gasteiger partial charge in [-0.3, -0.25) is 9.59 Å². The van der Waals surface area contributed by atoms with E-state index in [1.54, 1.807) is 19.1 Å². The van der Waals surface area contributed by atoms with Crippen molar-refractivity contribution in [2.24, 2.45) is 0 Å². The average Bonchev–Trinajstić information content (AvgIpc) is 3.00. The monoisotopic (exact) mass is 323 g/mol. The Morgan fingerprint density at radius 3 is 2.45 bits per heavy atom. The molecule has 1 atom stereocenters. The number of nitrogens with zero attached hydrogens (tertiary/aromatic N) is 2. The average molecular weight is 324 g/mol. The van der Waals surface area contributed by atoms with Crippen LogP contribution in [0.5, 0.6) is 0 Å². The summed E-state index contributed by atoms with van der Waals surface area (Å²) in [4.78, 5) is 28.2. The van der Waals surface area contributed by atoms with Crippen LogP contribution in [-0.2, 0) is 4.79 Å². The van der Waals surface area contributed by atoms with Crippen LogP contribution in [0.15, 0.2) is 18.2 Å². The number of hydrogen-bond donors (Lipinski definition) is 1. The summed E-state index contributed by atoms with van der Waals surface area (Å²) in [6.07, 6.45) is 2.09. The molecule has 1 heterocycles. The van der Waals surface area contributed by atoms with Crippen LogP contribution in [0.3, 0.4) is 0 Å². The largest absolute Gasteiger partial charge is 0.377 e. The third-order valence-corrected chi connectivity index (χ3v) is 3.93. The smallest absolute Gasteiger partial charge is 0.256 e. The second-order valence-electron chi connectivity index (χ2n) is 5.73. The molecule has 1 aliphatic heterocycles. The van der Waals surface area contributed by atoms with Gasteiger partial charge < -0.3 is 15.1 Å². The molecule has 0 saturated carbocycles. The Labute approximate surface area is 136 Å². The van der Waals surface area contributed by atoms with Gasteiger partial charge in [0.25, 0.3) is 5.91 Å². The van der Waals surface area contributed by atoms with Gasteiger partial charge in [-0.15, -0.1) is 11.6 Å². The number of halogens is 1. The van der Waals surface area contributed by atoms with E-state index in [1.807, 2.05) is 30.0 Å². The van der Waals surface area contributed by atoms with Crippen LogP contribution >= 0.6 is 11.6 Å². The Balaban J connectivity index is 2.31. The molecule has 120 valence electrons. The molecule has 1 fully saturated rings. The van der Waals surface area contributed by atoms with Crippen LogP contribution in [-0.4, -0.2) is 49.3 Å². The number of carbonyl (C=O) groups excluding carboxylic acids is 2. The van der Waals surface area contributed by atoms with Crippen LogP contribution < -0.4 is 10.2 Å². The van der Waals surface area contributed by atoms with E-state index < -0.39 is 5.38 Å². The molecule has 1 aromatic carbocycles. The summed E-state index contributed by atoms with van der Waals surface area (Å²) in [6, 6.07) is 5.36. The lowest BCUT2D eigenvalue weighted by atomic mass is 10.1. The number of alkyl halides is 1. The summed E-state index contributed by atoms with van der Waals surface area (Å²) >= 11 is 5.77. The van der Waals surface area contributed by atoms with Crippen LogP contribution in [0.1, 0.15) is 30.1 Å². The topological polar surface area (TPSA) is 52.7 Å². The third kappa shape index (κ3) is 3.71. The van der Waals surface area contributed by atoms with Gasteiger partial charge in [-0.05, 0) is 38.0 Å². The molecule has 22 heavy (non-hydrogen) atoms. The van der Waals surface area contributed by atoms with Gasteiger partial charge in [-0.1, -0.05) is 0 Å². The van der Waals surface area contributed by atoms with Gasteiger partial charge in [0, 0.05) is 38.6 Å². The van der Waals surface area contributed by atoms with Crippen LogP contribution in [0.4, 0.5) is 11.4 Å². The van der Waals surface area contributed by atoms with Crippen LogP contribution in [0, 0.1) is 0 Å². The van der Waals surface area contributed by atoms with Gasteiger partial charge in [0.1, 0.15) is 5.38 Å². The van der Waals surface area contributed by atoms with Gasteiger partial charge in [-0.25, -0.2) is 0 Å². The molecular weight excluding hydrogens is 302 g/mol. The number of benzene rings is 1. The molecule has 6 heteroatoms. The minimum absolute atomic E-state index is 0.0104. The minimum Gasteiger partial charge on any atom is -0.377 e. The Kier molecular flexibility index (Phi) is 5.29. The van der Waals surface area contributed by atoms with E-state index in [0.29, 0.717) is 11.3 Å². The summed E-state index contributed by atoms with van der Waals surface area (Å²) in [6.45, 7) is 3.20. The first-order valence-corrected chi connectivity index (χ1v) is 7.89. The Morgan fingerprint density at radius 1 is 1.27 bits per heavy atom. The molecule has 2 rings (SSSR count). The van der Waals surface area contributed by atoms with Crippen molar-refractivity contribution in [1.82, 2.24) is 4.90 Å². The standard InChI is InChI=1S/C16H22ClN3O2/c1-11(17)15(21)18-12-6-7-14(19(2)3)13(10-12)16(22)20-8-4-5-9-20/h6-7,10-11H,4-5,8-9H2,1-3H3,(H,18,21). The van der Waals surface area contributed by atoms with Gasteiger partial charge in [0.05, 0.1) is 5.56 Å². The lowest BCUT2D eigenvalue weighted by molar-refractivity contribution is -0.115. The van der Waals surface area contributed by atoms with E-state index in [2.05, 4.69) is 5.32 Å². The number of anilines is 2. The van der Waals surface area contributed by atoms with Gasteiger partial charge in [0.15, 0.2) is 0 Å². The van der Waals surface area contributed by atoms with Crippen molar-refractivity contribution in [3.63, 3.8) is 0 Å². The maximum Gasteiger partial charge on any atom is 0.256 e. The summed E-state index contributed by atoms with van der Waals surface area (Å²) in [5.41, 5.74) is 2.03. The van der Waals surface area contributed by atoms with E-state index in [-0.39, 0.29) is 11.8 Å².